The van der Waals surface area contributed by atoms with Gasteiger partial charge in [0.05, 0.1) is 0 Å². The maximum atomic E-state index is 12.1. The van der Waals surface area contributed by atoms with Crippen LogP contribution in [0.25, 0.3) is 0 Å². The minimum Gasteiger partial charge on any atom is -0.463 e. The molecule has 1 aliphatic heterocycles. The highest BCUT2D eigenvalue weighted by molar-refractivity contribution is 5.77. The number of hydrogen-bond donors (Lipinski definition) is 2. The Kier molecular flexibility index (Phi) is 12.4. The first-order chi connectivity index (χ1) is 16.3. The molecule has 0 unspecified atom stereocenters. The summed E-state index contributed by atoms with van der Waals surface area (Å²) in [5.41, 5.74) is -0.597. The number of ether oxygens (including phenoxy) is 6. The van der Waals surface area contributed by atoms with E-state index in [0.717, 1.165) is 0 Å². The zero-order chi connectivity index (χ0) is 26.6. The predicted molar refractivity (Wildman–Crippen MR) is 119 cm³/mol. The van der Waals surface area contributed by atoms with Gasteiger partial charge in [-0.3, -0.25) is 19.2 Å². The van der Waals surface area contributed by atoms with Gasteiger partial charge in [0.2, 0.25) is 5.91 Å². The van der Waals surface area contributed by atoms with Gasteiger partial charge in [-0.1, -0.05) is 0 Å². The van der Waals surface area contributed by atoms with Crippen LogP contribution in [0.15, 0.2) is 0 Å². The van der Waals surface area contributed by atoms with Crippen LogP contribution in [0.1, 0.15) is 54.4 Å². The van der Waals surface area contributed by atoms with Crippen molar-refractivity contribution in [2.75, 3.05) is 26.3 Å². The third-order valence-corrected chi connectivity index (χ3v) is 4.30. The highest BCUT2D eigenvalue weighted by Crippen LogP contribution is 2.27. The van der Waals surface area contributed by atoms with Crippen LogP contribution in [0.2, 0.25) is 0 Å². The molecule has 0 radical (unpaired) electrons. The minimum absolute atomic E-state index is 0.0127. The molecule has 1 heterocycles. The molecule has 1 fully saturated rings. The van der Waals surface area contributed by atoms with E-state index in [1.165, 1.54) is 20.8 Å². The summed E-state index contributed by atoms with van der Waals surface area (Å²) in [6.45, 7) is 8.80. The lowest BCUT2D eigenvalue weighted by Crippen LogP contribution is -2.54. The first kappa shape index (κ1) is 30.1. The lowest BCUT2D eigenvalue weighted by Gasteiger charge is -2.39. The topological polar surface area (TPSA) is 165 Å². The molecule has 200 valence electrons. The molecule has 0 aromatic carbocycles. The molecule has 13 heteroatoms. The molecular weight excluding hydrogens is 468 g/mol. The van der Waals surface area contributed by atoms with Gasteiger partial charge in [-0.2, -0.15) is 0 Å². The Hall–Kier alpha value is -2.93. The van der Waals surface area contributed by atoms with Crippen LogP contribution >= 0.6 is 0 Å². The fraction of sp³-hybridized carbons (Fsp3) is 0.773. The number of carbonyl (C=O) groups excluding carboxylic acids is 5. The molecule has 0 aromatic heterocycles. The van der Waals surface area contributed by atoms with Crippen LogP contribution in [0.5, 0.6) is 0 Å². The fourth-order valence-corrected chi connectivity index (χ4v) is 3.04. The van der Waals surface area contributed by atoms with Crippen molar-refractivity contribution >= 4 is 29.9 Å². The van der Waals surface area contributed by atoms with Gasteiger partial charge in [-0.25, -0.2) is 4.79 Å². The van der Waals surface area contributed by atoms with E-state index in [1.54, 1.807) is 20.8 Å². The average molecular weight is 505 g/mol. The Morgan fingerprint density at radius 1 is 0.914 bits per heavy atom. The van der Waals surface area contributed by atoms with Crippen LogP contribution < -0.4 is 10.6 Å². The van der Waals surface area contributed by atoms with Crippen LogP contribution in [0, 0.1) is 0 Å². The van der Waals surface area contributed by atoms with Crippen molar-refractivity contribution in [3.63, 3.8) is 0 Å². The zero-order valence-corrected chi connectivity index (χ0v) is 21.0. The summed E-state index contributed by atoms with van der Waals surface area (Å²) in [7, 11) is 0. The second-order valence-corrected chi connectivity index (χ2v) is 8.81. The highest BCUT2D eigenvalue weighted by atomic mass is 16.7. The quantitative estimate of drug-likeness (QED) is 0.230. The first-order valence-corrected chi connectivity index (χ1v) is 11.2. The van der Waals surface area contributed by atoms with E-state index in [0.29, 0.717) is 13.0 Å². The van der Waals surface area contributed by atoms with Crippen molar-refractivity contribution in [3.8, 4) is 0 Å². The summed E-state index contributed by atoms with van der Waals surface area (Å²) in [6, 6.07) is 0. The van der Waals surface area contributed by atoms with Gasteiger partial charge in [-0.15, -0.1) is 0 Å². The molecule has 35 heavy (non-hydrogen) atoms. The van der Waals surface area contributed by atoms with Crippen molar-refractivity contribution in [2.24, 2.45) is 0 Å². The van der Waals surface area contributed by atoms with E-state index in [4.69, 9.17) is 28.4 Å². The Labute approximate surface area is 204 Å². The van der Waals surface area contributed by atoms with Gasteiger partial charge in [0.15, 0.2) is 12.4 Å². The van der Waals surface area contributed by atoms with Crippen molar-refractivity contribution in [1.29, 1.82) is 0 Å². The molecule has 1 saturated heterocycles. The first-order valence-electron chi connectivity index (χ1n) is 11.2. The summed E-state index contributed by atoms with van der Waals surface area (Å²) in [5, 5.41) is 5.22. The predicted octanol–water partition coefficient (Wildman–Crippen LogP) is 0.576. The summed E-state index contributed by atoms with van der Waals surface area (Å²) in [5.74, 6) is -2.27. The molecule has 0 aromatic rings. The van der Waals surface area contributed by atoms with E-state index < -0.39 is 60.1 Å². The van der Waals surface area contributed by atoms with Gasteiger partial charge in [0.25, 0.3) is 0 Å². The molecule has 0 bridgehead atoms. The van der Waals surface area contributed by atoms with E-state index >= 15 is 0 Å². The van der Waals surface area contributed by atoms with E-state index in [2.05, 4.69) is 10.6 Å². The normalized spacial score (nSPS) is 21.9. The molecule has 0 saturated carbocycles. The van der Waals surface area contributed by atoms with E-state index in [-0.39, 0.29) is 26.2 Å². The van der Waals surface area contributed by atoms with Crippen molar-refractivity contribution in [3.05, 3.63) is 0 Å². The molecule has 1 rings (SSSR count). The zero-order valence-electron chi connectivity index (χ0n) is 21.0. The van der Waals surface area contributed by atoms with Crippen LogP contribution in [-0.2, 0) is 47.6 Å². The molecule has 2 N–H and O–H groups in total. The molecule has 0 spiro atoms. The highest BCUT2D eigenvalue weighted by Gasteiger charge is 2.44. The molecule has 1 aliphatic rings. The molecule has 4 atom stereocenters. The number of alkyl carbamates (subject to hydrolysis) is 1. The maximum Gasteiger partial charge on any atom is 0.407 e. The van der Waals surface area contributed by atoms with Crippen LogP contribution in [0.4, 0.5) is 4.79 Å². The molecule has 13 nitrogen and oxygen atoms in total. The summed E-state index contributed by atoms with van der Waals surface area (Å²) < 4.78 is 31.8. The summed E-state index contributed by atoms with van der Waals surface area (Å²) >= 11 is 0. The van der Waals surface area contributed by atoms with Crippen molar-refractivity contribution < 1.29 is 52.4 Å². The van der Waals surface area contributed by atoms with Gasteiger partial charge in [0.1, 0.15) is 31.0 Å². The van der Waals surface area contributed by atoms with Crippen LogP contribution in [-0.4, -0.2) is 86.4 Å². The van der Waals surface area contributed by atoms with E-state index in [9.17, 15) is 24.0 Å². The fourth-order valence-electron chi connectivity index (χ4n) is 3.04. The minimum atomic E-state index is -1.03. The SMILES string of the molecule is CC(=O)OC[C@H]1O[C@@H](OCC(=O)NCCCNC(=O)OC(C)(C)C)C[C@@H](OC(C)=O)[C@H]1OC(C)=O. The van der Waals surface area contributed by atoms with Gasteiger partial charge in [-0.05, 0) is 27.2 Å². The standard InChI is InChI=1S/C22H36N2O11/c1-13(25)30-11-17-20(33-15(3)27)16(32-14(2)26)10-19(34-17)31-12-18(28)23-8-7-9-24-21(29)35-22(4,5)6/h16-17,19-20H,7-12H2,1-6H3,(H,23,28)(H,24,29)/t16-,17-,19-,20-/m1/s1. The number of nitrogens with one attached hydrogen (secondary N) is 2. The third-order valence-electron chi connectivity index (χ3n) is 4.30. The van der Waals surface area contributed by atoms with E-state index in [1.807, 2.05) is 0 Å². The Morgan fingerprint density at radius 2 is 1.54 bits per heavy atom. The number of rotatable bonds is 11. The second-order valence-electron chi connectivity index (χ2n) is 8.81. The van der Waals surface area contributed by atoms with Crippen molar-refractivity contribution in [1.82, 2.24) is 10.6 Å². The maximum absolute atomic E-state index is 12.1. The smallest absolute Gasteiger partial charge is 0.407 e. The lowest BCUT2D eigenvalue weighted by molar-refractivity contribution is -0.264. The number of hydrogen-bond acceptors (Lipinski definition) is 11. The molecule has 0 aliphatic carbocycles. The van der Waals surface area contributed by atoms with Crippen LogP contribution in [0.3, 0.4) is 0 Å². The summed E-state index contributed by atoms with van der Waals surface area (Å²) in [4.78, 5) is 58.0. The Balaban J connectivity index is 2.54. The van der Waals surface area contributed by atoms with Gasteiger partial charge in [0, 0.05) is 40.3 Å². The number of esters is 3. The van der Waals surface area contributed by atoms with Gasteiger partial charge >= 0.3 is 24.0 Å². The summed E-state index contributed by atoms with van der Waals surface area (Å²) in [6.07, 6.45) is -4.02. The molecule has 2 amide bonds. The number of carbonyl (C=O) groups is 5. The Bertz CT molecular complexity index is 750. The van der Waals surface area contributed by atoms with Crippen molar-refractivity contribution in [2.45, 2.75) is 84.6 Å². The third kappa shape index (κ3) is 13.5. The average Bonchev–Trinajstić information content (AvgIpc) is 2.70. The lowest BCUT2D eigenvalue weighted by atomic mass is 10.0. The monoisotopic (exact) mass is 504 g/mol. The molecular formula is C22H36N2O11. The Morgan fingerprint density at radius 3 is 2.11 bits per heavy atom. The number of amides is 2. The largest absolute Gasteiger partial charge is 0.463 e. The second kappa shape index (κ2) is 14.5. The van der Waals surface area contributed by atoms with Gasteiger partial charge < -0.3 is 39.1 Å².